The van der Waals surface area contributed by atoms with Gasteiger partial charge in [-0.3, -0.25) is 4.79 Å². The molecular formula is C16H31N3O. The average Bonchev–Trinajstić information content (AvgIpc) is 3.03. The van der Waals surface area contributed by atoms with Crippen molar-refractivity contribution >= 4 is 5.91 Å². The zero-order valence-electron chi connectivity index (χ0n) is 13.2. The van der Waals surface area contributed by atoms with E-state index >= 15 is 0 Å². The first-order valence-corrected chi connectivity index (χ1v) is 8.34. The fourth-order valence-electron chi connectivity index (χ4n) is 3.79. The minimum absolute atomic E-state index is 0.217. The molecule has 4 heteroatoms. The van der Waals surface area contributed by atoms with Crippen molar-refractivity contribution in [1.82, 2.24) is 10.2 Å². The molecule has 2 aliphatic rings. The number of amides is 1. The summed E-state index contributed by atoms with van der Waals surface area (Å²) in [6.45, 7) is 7.42. The van der Waals surface area contributed by atoms with Gasteiger partial charge in [-0.15, -0.1) is 0 Å². The Bertz CT molecular complexity index is 334. The number of rotatable bonds is 9. The number of unbranched alkanes of at least 4 members (excludes halogenated alkanes) is 1. The maximum Gasteiger partial charge on any atom is 0.237 e. The van der Waals surface area contributed by atoms with Crippen molar-refractivity contribution in [1.29, 1.82) is 0 Å². The van der Waals surface area contributed by atoms with Crippen LogP contribution >= 0.6 is 0 Å². The van der Waals surface area contributed by atoms with Gasteiger partial charge in [0.1, 0.15) is 0 Å². The van der Waals surface area contributed by atoms with Gasteiger partial charge in [-0.05, 0) is 70.9 Å². The Morgan fingerprint density at radius 2 is 2.20 bits per heavy atom. The zero-order valence-corrected chi connectivity index (χ0v) is 13.2. The van der Waals surface area contributed by atoms with Gasteiger partial charge in [0.05, 0.1) is 5.54 Å². The van der Waals surface area contributed by atoms with Crippen LogP contribution in [0.3, 0.4) is 0 Å². The van der Waals surface area contributed by atoms with Crippen LogP contribution in [0.15, 0.2) is 0 Å². The van der Waals surface area contributed by atoms with Crippen molar-refractivity contribution in [2.75, 3.05) is 19.6 Å². The second-order valence-electron chi connectivity index (χ2n) is 6.91. The highest BCUT2D eigenvalue weighted by molar-refractivity contribution is 5.84. The van der Waals surface area contributed by atoms with E-state index in [1.54, 1.807) is 0 Å². The SMILES string of the molecule is CCCNC(C)(CCCCN1CC2CCC1C2)C(N)=O. The first-order valence-electron chi connectivity index (χ1n) is 8.34. The molecule has 3 N–H and O–H groups in total. The van der Waals surface area contributed by atoms with E-state index in [0.29, 0.717) is 0 Å². The summed E-state index contributed by atoms with van der Waals surface area (Å²) in [5, 5.41) is 3.31. The van der Waals surface area contributed by atoms with E-state index in [0.717, 1.165) is 37.8 Å². The summed E-state index contributed by atoms with van der Waals surface area (Å²) in [5.74, 6) is 0.758. The molecule has 3 unspecified atom stereocenters. The highest BCUT2D eigenvalue weighted by atomic mass is 16.1. The molecule has 116 valence electrons. The van der Waals surface area contributed by atoms with Gasteiger partial charge in [0.25, 0.3) is 0 Å². The summed E-state index contributed by atoms with van der Waals surface area (Å²) < 4.78 is 0. The van der Waals surface area contributed by atoms with Gasteiger partial charge in [-0.2, -0.15) is 0 Å². The maximum absolute atomic E-state index is 11.6. The van der Waals surface area contributed by atoms with Crippen LogP contribution in [0.2, 0.25) is 0 Å². The molecule has 1 saturated heterocycles. The summed E-state index contributed by atoms with van der Waals surface area (Å²) in [6.07, 6.45) is 8.41. The lowest BCUT2D eigenvalue weighted by molar-refractivity contribution is -0.124. The van der Waals surface area contributed by atoms with E-state index in [1.807, 2.05) is 6.92 Å². The molecule has 1 aliphatic heterocycles. The summed E-state index contributed by atoms with van der Waals surface area (Å²) >= 11 is 0. The van der Waals surface area contributed by atoms with Crippen LogP contribution in [-0.2, 0) is 4.79 Å². The number of likely N-dealkylation sites (tertiary alicyclic amines) is 1. The predicted molar refractivity (Wildman–Crippen MR) is 82.4 cm³/mol. The number of piperidine rings is 1. The van der Waals surface area contributed by atoms with E-state index in [4.69, 9.17) is 5.73 Å². The Morgan fingerprint density at radius 3 is 2.75 bits per heavy atom. The van der Waals surface area contributed by atoms with Gasteiger partial charge in [0, 0.05) is 12.6 Å². The number of nitrogens with one attached hydrogen (secondary N) is 1. The Morgan fingerprint density at radius 1 is 1.40 bits per heavy atom. The Labute approximate surface area is 123 Å². The first-order chi connectivity index (χ1) is 9.55. The summed E-state index contributed by atoms with van der Waals surface area (Å²) in [6, 6.07) is 0.862. The van der Waals surface area contributed by atoms with Crippen LogP contribution in [0.4, 0.5) is 0 Å². The molecule has 0 aromatic heterocycles. The fourth-order valence-corrected chi connectivity index (χ4v) is 3.79. The van der Waals surface area contributed by atoms with Crippen molar-refractivity contribution < 1.29 is 4.79 Å². The average molecular weight is 281 g/mol. The van der Waals surface area contributed by atoms with Crippen molar-refractivity contribution in [3.05, 3.63) is 0 Å². The zero-order chi connectivity index (χ0) is 14.6. The molecular weight excluding hydrogens is 250 g/mol. The number of nitrogens with two attached hydrogens (primary N) is 1. The number of carbonyl (C=O) groups is 1. The molecule has 1 aliphatic carbocycles. The smallest absolute Gasteiger partial charge is 0.237 e. The molecule has 20 heavy (non-hydrogen) atoms. The number of carbonyl (C=O) groups excluding carboxylic acids is 1. The number of primary amides is 1. The van der Waals surface area contributed by atoms with E-state index in [1.165, 1.54) is 38.8 Å². The third-order valence-corrected chi connectivity index (χ3v) is 5.20. The van der Waals surface area contributed by atoms with Crippen molar-refractivity contribution in [2.45, 2.75) is 70.4 Å². The number of hydrogen-bond donors (Lipinski definition) is 2. The monoisotopic (exact) mass is 281 g/mol. The van der Waals surface area contributed by atoms with Crippen LogP contribution in [0.5, 0.6) is 0 Å². The molecule has 1 amide bonds. The largest absolute Gasteiger partial charge is 0.368 e. The summed E-state index contributed by atoms with van der Waals surface area (Å²) in [7, 11) is 0. The fraction of sp³-hybridized carbons (Fsp3) is 0.938. The lowest BCUT2D eigenvalue weighted by Crippen LogP contribution is -2.53. The maximum atomic E-state index is 11.6. The molecule has 1 saturated carbocycles. The third-order valence-electron chi connectivity index (χ3n) is 5.20. The van der Waals surface area contributed by atoms with Crippen LogP contribution in [-0.4, -0.2) is 42.0 Å². The lowest BCUT2D eigenvalue weighted by atomic mass is 9.93. The number of fused-ring (bicyclic) bond motifs is 2. The van der Waals surface area contributed by atoms with Crippen LogP contribution in [0.25, 0.3) is 0 Å². The Balaban J connectivity index is 1.67. The molecule has 0 aromatic carbocycles. The molecule has 3 atom stereocenters. The highest BCUT2D eigenvalue weighted by Crippen LogP contribution is 2.37. The van der Waals surface area contributed by atoms with Gasteiger partial charge in [-0.1, -0.05) is 6.92 Å². The number of hydrogen-bond acceptors (Lipinski definition) is 3. The second-order valence-corrected chi connectivity index (χ2v) is 6.91. The van der Waals surface area contributed by atoms with Gasteiger partial charge in [-0.25, -0.2) is 0 Å². The summed E-state index contributed by atoms with van der Waals surface area (Å²) in [4.78, 5) is 14.3. The van der Waals surface area contributed by atoms with E-state index in [-0.39, 0.29) is 5.91 Å². The quantitative estimate of drug-likeness (QED) is 0.635. The minimum atomic E-state index is -0.528. The van der Waals surface area contributed by atoms with Gasteiger partial charge < -0.3 is 16.0 Å². The van der Waals surface area contributed by atoms with Gasteiger partial charge in [0.2, 0.25) is 5.91 Å². The normalized spacial score (nSPS) is 28.7. The molecule has 2 bridgehead atoms. The van der Waals surface area contributed by atoms with Crippen molar-refractivity contribution in [3.8, 4) is 0 Å². The molecule has 4 nitrogen and oxygen atoms in total. The lowest BCUT2D eigenvalue weighted by Gasteiger charge is -2.29. The van der Waals surface area contributed by atoms with Crippen LogP contribution < -0.4 is 11.1 Å². The summed E-state index contributed by atoms with van der Waals surface area (Å²) in [5.41, 5.74) is 5.03. The number of nitrogens with zero attached hydrogens (tertiary/aromatic N) is 1. The van der Waals surface area contributed by atoms with Crippen molar-refractivity contribution in [3.63, 3.8) is 0 Å². The van der Waals surface area contributed by atoms with Gasteiger partial charge in [0.15, 0.2) is 0 Å². The Kier molecular flexibility index (Phi) is 5.44. The van der Waals surface area contributed by atoms with E-state index in [2.05, 4.69) is 17.1 Å². The molecule has 1 heterocycles. The second kappa shape index (κ2) is 6.90. The van der Waals surface area contributed by atoms with Gasteiger partial charge >= 0.3 is 0 Å². The van der Waals surface area contributed by atoms with Crippen LogP contribution in [0, 0.1) is 5.92 Å². The molecule has 0 radical (unpaired) electrons. The minimum Gasteiger partial charge on any atom is -0.368 e. The highest BCUT2D eigenvalue weighted by Gasteiger charge is 2.37. The Hall–Kier alpha value is -0.610. The predicted octanol–water partition coefficient (Wildman–Crippen LogP) is 1.88. The van der Waals surface area contributed by atoms with Crippen LogP contribution in [0.1, 0.15) is 58.8 Å². The van der Waals surface area contributed by atoms with E-state index < -0.39 is 5.54 Å². The molecule has 2 rings (SSSR count). The standard InChI is InChI=1S/C16H31N3O/c1-3-9-18-16(2,15(17)20)8-4-5-10-19-12-13-6-7-14(19)11-13/h13-14,18H,3-12H2,1-2H3,(H2,17,20). The topological polar surface area (TPSA) is 58.4 Å². The third kappa shape index (κ3) is 3.73. The van der Waals surface area contributed by atoms with Crippen molar-refractivity contribution in [2.24, 2.45) is 11.7 Å². The first kappa shape index (κ1) is 15.8. The van der Waals surface area contributed by atoms with E-state index in [9.17, 15) is 4.79 Å². The molecule has 0 spiro atoms. The molecule has 0 aromatic rings. The molecule has 2 fully saturated rings.